The lowest BCUT2D eigenvalue weighted by atomic mass is 10.1. The average molecular weight is 452 g/mol. The minimum absolute atomic E-state index is 0.165. The van der Waals surface area contributed by atoms with E-state index in [1.54, 1.807) is 19.9 Å². The van der Waals surface area contributed by atoms with Crippen molar-refractivity contribution in [2.45, 2.75) is 30.3 Å². The number of hydrogen-bond acceptors (Lipinski definition) is 5. The van der Waals surface area contributed by atoms with Gasteiger partial charge in [0.2, 0.25) is 0 Å². The number of hydrogen-bond donors (Lipinski definition) is 2. The van der Waals surface area contributed by atoms with Gasteiger partial charge in [0, 0.05) is 31.0 Å². The number of benzene rings is 1. The van der Waals surface area contributed by atoms with Crippen LogP contribution in [0.25, 0.3) is 0 Å². The first-order valence-corrected chi connectivity index (χ1v) is 11.2. The summed E-state index contributed by atoms with van der Waals surface area (Å²) in [7, 11) is -1.45. The molecule has 1 aromatic heterocycles. The number of amides is 1. The minimum atomic E-state index is -2.97. The molecule has 0 bridgehead atoms. The van der Waals surface area contributed by atoms with Crippen LogP contribution >= 0.6 is 11.6 Å². The first kappa shape index (κ1) is 22.2. The zero-order valence-corrected chi connectivity index (χ0v) is 18.4. The molecule has 0 spiro atoms. The molecule has 0 aliphatic carbocycles. The molecule has 1 amide bonds. The number of halogens is 2. The van der Waals surface area contributed by atoms with Gasteiger partial charge in [0.05, 0.1) is 20.0 Å². The lowest BCUT2D eigenvalue weighted by Gasteiger charge is -2.31. The molecule has 2 heterocycles. The Morgan fingerprint density at radius 2 is 2.10 bits per heavy atom. The summed E-state index contributed by atoms with van der Waals surface area (Å²) in [6.07, 6.45) is 1.77. The van der Waals surface area contributed by atoms with Gasteiger partial charge >= 0.3 is 0 Å². The highest BCUT2D eigenvalue weighted by molar-refractivity contribution is 7.96. The number of aromatic nitrogens is 1. The maximum Gasteiger partial charge on any atom is 0.274 e. The van der Waals surface area contributed by atoms with Crippen molar-refractivity contribution in [2.75, 3.05) is 18.9 Å². The summed E-state index contributed by atoms with van der Waals surface area (Å²) in [6.45, 7) is 3.74. The van der Waals surface area contributed by atoms with Gasteiger partial charge in [-0.25, -0.2) is 17.9 Å². The Hall–Kier alpha value is -2.52. The van der Waals surface area contributed by atoms with E-state index in [0.717, 1.165) is 0 Å². The smallest absolute Gasteiger partial charge is 0.274 e. The number of carbonyl (C=O) groups is 1. The van der Waals surface area contributed by atoms with Crippen molar-refractivity contribution in [3.8, 4) is 0 Å². The number of carbonyl (C=O) groups excluding carboxylic acids is 1. The van der Waals surface area contributed by atoms with E-state index in [1.807, 2.05) is 0 Å². The van der Waals surface area contributed by atoms with Crippen molar-refractivity contribution in [1.82, 2.24) is 4.98 Å². The molecule has 30 heavy (non-hydrogen) atoms. The van der Waals surface area contributed by atoms with Crippen LogP contribution in [0.2, 0.25) is 5.02 Å². The van der Waals surface area contributed by atoms with Crippen LogP contribution in [-0.4, -0.2) is 39.3 Å². The van der Waals surface area contributed by atoms with Crippen molar-refractivity contribution in [2.24, 2.45) is 15.1 Å². The topological polar surface area (TPSA) is 110 Å². The van der Waals surface area contributed by atoms with Gasteiger partial charge in [0.25, 0.3) is 5.91 Å². The third kappa shape index (κ3) is 3.91. The molecule has 1 aromatic carbocycles. The van der Waals surface area contributed by atoms with Gasteiger partial charge in [-0.15, -0.1) is 0 Å². The Morgan fingerprint density at radius 3 is 2.73 bits per heavy atom. The second-order valence-electron chi connectivity index (χ2n) is 7.37. The zero-order chi connectivity index (χ0) is 22.1. The number of pyridine rings is 1. The number of nitrogens with two attached hydrogens (primary N) is 1. The number of nitrogens with zero attached hydrogens (tertiary/aromatic N) is 3. The Morgan fingerprint density at radius 1 is 1.37 bits per heavy atom. The summed E-state index contributed by atoms with van der Waals surface area (Å²) in [5.41, 5.74) is 6.75. The molecule has 0 saturated heterocycles. The number of anilines is 1. The van der Waals surface area contributed by atoms with Gasteiger partial charge in [-0.3, -0.25) is 9.79 Å². The molecule has 0 saturated carbocycles. The summed E-state index contributed by atoms with van der Waals surface area (Å²) in [6, 6.07) is 7.20. The molecule has 160 valence electrons. The van der Waals surface area contributed by atoms with Gasteiger partial charge in [-0.05, 0) is 50.6 Å². The van der Waals surface area contributed by atoms with Crippen LogP contribution in [0.4, 0.5) is 10.1 Å². The Kier molecular flexibility index (Phi) is 6.14. The van der Waals surface area contributed by atoms with Crippen molar-refractivity contribution in [3.05, 3.63) is 58.6 Å². The average Bonchev–Trinajstić information content (AvgIpc) is 3.12. The molecule has 1 unspecified atom stereocenters. The molecule has 10 heteroatoms. The second kappa shape index (κ2) is 8.31. The summed E-state index contributed by atoms with van der Waals surface area (Å²) in [4.78, 5) is 20.4. The monoisotopic (exact) mass is 451 g/mol. The van der Waals surface area contributed by atoms with E-state index in [9.17, 15) is 13.4 Å². The van der Waals surface area contributed by atoms with E-state index in [1.165, 1.54) is 37.5 Å². The molecule has 3 rings (SSSR count). The highest BCUT2D eigenvalue weighted by atomic mass is 35.5. The van der Waals surface area contributed by atoms with Gasteiger partial charge in [0.1, 0.15) is 22.1 Å². The molecule has 1 aliphatic heterocycles. The number of amidine groups is 1. The molecule has 1 aliphatic rings. The Balaban J connectivity index is 1.95. The second-order valence-corrected chi connectivity index (χ2v) is 10.8. The van der Waals surface area contributed by atoms with E-state index in [-0.39, 0.29) is 17.1 Å². The highest BCUT2D eigenvalue weighted by Gasteiger charge is 2.45. The molecule has 0 radical (unpaired) electrons. The Labute approximate surface area is 180 Å². The lowest BCUT2D eigenvalue weighted by Crippen LogP contribution is -2.46. The van der Waals surface area contributed by atoms with Gasteiger partial charge in [0.15, 0.2) is 0 Å². The normalized spacial score (nSPS) is 21.9. The summed E-state index contributed by atoms with van der Waals surface area (Å²) >= 11 is 5.79. The fraction of sp³-hybridized carbons (Fsp3) is 0.350. The fourth-order valence-electron chi connectivity index (χ4n) is 3.39. The minimum Gasteiger partial charge on any atom is -0.386 e. The van der Waals surface area contributed by atoms with Gasteiger partial charge < -0.3 is 11.1 Å². The standard InChI is InChI=1S/C20H23ClFN5O2S/c1-20(2,19(23)24-3)30(29)17(8-9-26-30)14-10-13(5-6-15(14)22)27-18(28)16-7-4-12(21)11-25-16/h4-7,10-11,17H,8-9H2,1-3H3,(H2,23,24)(H,27,28)/t17-,30?/m0/s1. The third-order valence-corrected chi connectivity index (χ3v) is 8.93. The predicted octanol–water partition coefficient (Wildman–Crippen LogP) is 3.80. The molecule has 0 fully saturated rings. The third-order valence-electron chi connectivity index (χ3n) is 5.21. The van der Waals surface area contributed by atoms with E-state index in [4.69, 9.17) is 17.3 Å². The van der Waals surface area contributed by atoms with Crippen LogP contribution in [0, 0.1) is 5.82 Å². The van der Waals surface area contributed by atoms with E-state index in [0.29, 0.717) is 23.7 Å². The molecular formula is C20H23ClFN5O2S. The van der Waals surface area contributed by atoms with E-state index < -0.39 is 31.5 Å². The van der Waals surface area contributed by atoms with E-state index >= 15 is 0 Å². The largest absolute Gasteiger partial charge is 0.386 e. The van der Waals surface area contributed by atoms with Gasteiger partial charge in [-0.1, -0.05) is 11.6 Å². The van der Waals surface area contributed by atoms with Crippen molar-refractivity contribution in [1.29, 1.82) is 0 Å². The van der Waals surface area contributed by atoms with Crippen LogP contribution in [0.5, 0.6) is 0 Å². The van der Waals surface area contributed by atoms with Gasteiger partial charge in [-0.2, -0.15) is 0 Å². The number of nitrogens with one attached hydrogen (secondary N) is 1. The fourth-order valence-corrected chi connectivity index (χ4v) is 6.44. The molecular weight excluding hydrogens is 429 g/mol. The zero-order valence-electron chi connectivity index (χ0n) is 16.9. The molecule has 7 nitrogen and oxygen atoms in total. The van der Waals surface area contributed by atoms with Crippen molar-refractivity contribution in [3.63, 3.8) is 0 Å². The molecule has 2 aromatic rings. The number of aliphatic imine (C=N–C) groups is 1. The summed E-state index contributed by atoms with van der Waals surface area (Å²) in [5, 5.41) is 2.41. The lowest BCUT2D eigenvalue weighted by molar-refractivity contribution is 0.102. The molecule has 3 N–H and O–H groups in total. The van der Waals surface area contributed by atoms with Crippen LogP contribution < -0.4 is 11.1 Å². The van der Waals surface area contributed by atoms with Crippen LogP contribution in [0.1, 0.15) is 41.6 Å². The highest BCUT2D eigenvalue weighted by Crippen LogP contribution is 2.42. The Bertz CT molecular complexity index is 1120. The van der Waals surface area contributed by atoms with E-state index in [2.05, 4.69) is 19.7 Å². The van der Waals surface area contributed by atoms with Crippen molar-refractivity contribution >= 4 is 38.8 Å². The predicted molar refractivity (Wildman–Crippen MR) is 118 cm³/mol. The quantitative estimate of drug-likeness (QED) is 0.532. The first-order valence-electron chi connectivity index (χ1n) is 9.26. The maximum absolute atomic E-state index is 14.8. The van der Waals surface area contributed by atoms with Crippen LogP contribution in [0.15, 0.2) is 45.9 Å². The maximum atomic E-state index is 14.8. The SMILES string of the molecule is C/N=C(/N)C(C)(C)S1(=O)=NCC[C@H]1c1cc(NC(=O)c2ccc(Cl)cn2)ccc1F. The molecule has 2 atom stereocenters. The van der Waals surface area contributed by atoms with Crippen molar-refractivity contribution < 1.29 is 13.4 Å². The summed E-state index contributed by atoms with van der Waals surface area (Å²) < 4.78 is 32.0. The first-order chi connectivity index (χ1) is 14.1. The van der Waals surface area contributed by atoms with Crippen LogP contribution in [-0.2, 0) is 9.73 Å². The van der Waals surface area contributed by atoms with Crippen LogP contribution in [0.3, 0.4) is 0 Å². The summed E-state index contributed by atoms with van der Waals surface area (Å²) in [5.74, 6) is -0.791. The number of rotatable bonds is 5.